The molecule has 1 aliphatic rings. The Bertz CT molecular complexity index is 625. The predicted molar refractivity (Wildman–Crippen MR) is 74.0 cm³/mol. The van der Waals surface area contributed by atoms with Crippen LogP contribution in [0.1, 0.15) is 16.8 Å². The van der Waals surface area contributed by atoms with Crippen LogP contribution in [0.25, 0.3) is 0 Å². The van der Waals surface area contributed by atoms with Gasteiger partial charge in [-0.2, -0.15) is 4.31 Å². The Hall–Kier alpha value is -1.51. The number of carbonyl (C=O) groups is 1. The number of hydrogen-bond acceptors (Lipinski definition) is 5. The van der Waals surface area contributed by atoms with Crippen molar-refractivity contribution in [2.75, 3.05) is 33.3 Å². The molecule has 1 fully saturated rings. The van der Waals surface area contributed by atoms with Gasteiger partial charge in [0.15, 0.2) is 0 Å². The average molecular weight is 316 g/mol. The van der Waals surface area contributed by atoms with Crippen LogP contribution in [0.15, 0.2) is 23.1 Å². The molecule has 1 heterocycles. The average Bonchev–Trinajstić information content (AvgIpc) is 2.75. The van der Waals surface area contributed by atoms with E-state index in [-0.39, 0.29) is 10.5 Å². The molecule has 1 aromatic carbocycles. The van der Waals surface area contributed by atoms with E-state index in [1.165, 1.54) is 4.31 Å². The highest BCUT2D eigenvalue weighted by molar-refractivity contribution is 7.89. The quantitative estimate of drug-likeness (QED) is 0.826. The molecular weight excluding hydrogens is 299 g/mol. The minimum absolute atomic E-state index is 0.224. The molecule has 1 aliphatic heterocycles. The molecule has 116 valence electrons. The Kier molecular flexibility index (Phi) is 4.92. The lowest BCUT2D eigenvalue weighted by molar-refractivity contribution is 0.0595. The number of methoxy groups -OCH3 is 1. The van der Waals surface area contributed by atoms with E-state index >= 15 is 0 Å². The number of esters is 1. The number of halogens is 1. The van der Waals surface area contributed by atoms with Crippen molar-refractivity contribution in [2.45, 2.75) is 11.3 Å². The van der Waals surface area contributed by atoms with E-state index in [1.54, 1.807) is 0 Å². The largest absolute Gasteiger partial charge is 0.465 e. The van der Waals surface area contributed by atoms with Crippen LogP contribution < -0.4 is 5.32 Å². The van der Waals surface area contributed by atoms with E-state index in [4.69, 9.17) is 0 Å². The Balaban J connectivity index is 2.46. The van der Waals surface area contributed by atoms with Gasteiger partial charge in [-0.3, -0.25) is 0 Å². The van der Waals surface area contributed by atoms with Gasteiger partial charge in [-0.25, -0.2) is 17.6 Å². The molecule has 0 amide bonds. The van der Waals surface area contributed by atoms with Crippen molar-refractivity contribution in [3.63, 3.8) is 0 Å². The standard InChI is InChI=1S/C13H17FN2O4S/c1-20-13(17)11-9-10(14)3-4-12(11)21(18,19)16-7-2-5-15-6-8-16/h3-4,9,15H,2,5-8H2,1H3. The summed E-state index contributed by atoms with van der Waals surface area (Å²) in [5.74, 6) is -1.56. The zero-order valence-corrected chi connectivity index (χ0v) is 12.5. The number of hydrogen-bond donors (Lipinski definition) is 1. The topological polar surface area (TPSA) is 75.7 Å². The second kappa shape index (κ2) is 6.50. The fourth-order valence-corrected chi connectivity index (χ4v) is 3.84. The lowest BCUT2D eigenvalue weighted by Gasteiger charge is -2.20. The Morgan fingerprint density at radius 3 is 2.81 bits per heavy atom. The Labute approximate surface area is 122 Å². The molecule has 8 heteroatoms. The van der Waals surface area contributed by atoms with Gasteiger partial charge < -0.3 is 10.1 Å². The lowest BCUT2D eigenvalue weighted by Crippen LogP contribution is -2.35. The zero-order valence-electron chi connectivity index (χ0n) is 11.6. The summed E-state index contributed by atoms with van der Waals surface area (Å²) in [6.07, 6.45) is 0.675. The molecule has 2 rings (SSSR count). The van der Waals surface area contributed by atoms with Gasteiger partial charge >= 0.3 is 5.97 Å². The molecule has 6 nitrogen and oxygen atoms in total. The van der Waals surface area contributed by atoms with E-state index in [2.05, 4.69) is 10.1 Å². The van der Waals surface area contributed by atoms with E-state index in [1.807, 2.05) is 0 Å². The van der Waals surface area contributed by atoms with E-state index in [9.17, 15) is 17.6 Å². The maximum atomic E-state index is 13.3. The van der Waals surface area contributed by atoms with Crippen LogP contribution in [0.3, 0.4) is 0 Å². The van der Waals surface area contributed by atoms with Gasteiger partial charge in [0.2, 0.25) is 10.0 Å². The van der Waals surface area contributed by atoms with Gasteiger partial charge in [-0.05, 0) is 31.2 Å². The third-order valence-corrected chi connectivity index (χ3v) is 5.22. The molecule has 1 aromatic rings. The summed E-state index contributed by atoms with van der Waals surface area (Å²) in [5, 5.41) is 3.10. The van der Waals surface area contributed by atoms with Gasteiger partial charge in [0, 0.05) is 19.6 Å². The molecule has 0 unspecified atom stereocenters. The Morgan fingerprint density at radius 1 is 1.33 bits per heavy atom. The van der Waals surface area contributed by atoms with Gasteiger partial charge in [-0.1, -0.05) is 0 Å². The summed E-state index contributed by atoms with van der Waals surface area (Å²) in [6.45, 7) is 1.93. The van der Waals surface area contributed by atoms with Crippen molar-refractivity contribution in [3.8, 4) is 0 Å². The molecule has 1 saturated heterocycles. The van der Waals surface area contributed by atoms with E-state index < -0.39 is 21.8 Å². The second-order valence-corrected chi connectivity index (χ2v) is 6.55. The molecular formula is C13H17FN2O4S. The number of rotatable bonds is 3. The zero-order chi connectivity index (χ0) is 15.5. The van der Waals surface area contributed by atoms with Gasteiger partial charge in [0.25, 0.3) is 0 Å². The summed E-state index contributed by atoms with van der Waals surface area (Å²) in [6, 6.07) is 3.01. The van der Waals surface area contributed by atoms with Crippen molar-refractivity contribution < 1.29 is 22.3 Å². The third-order valence-electron chi connectivity index (χ3n) is 3.26. The molecule has 21 heavy (non-hydrogen) atoms. The molecule has 0 bridgehead atoms. The molecule has 0 aromatic heterocycles. The van der Waals surface area contributed by atoms with Crippen molar-refractivity contribution in [1.29, 1.82) is 0 Å². The monoisotopic (exact) mass is 316 g/mol. The summed E-state index contributed by atoms with van der Waals surface area (Å²) >= 11 is 0. The minimum Gasteiger partial charge on any atom is -0.465 e. The molecule has 0 aliphatic carbocycles. The van der Waals surface area contributed by atoms with Crippen molar-refractivity contribution in [1.82, 2.24) is 9.62 Å². The van der Waals surface area contributed by atoms with Crippen molar-refractivity contribution in [2.24, 2.45) is 0 Å². The summed E-state index contributed by atoms with van der Waals surface area (Å²) in [5.41, 5.74) is -0.283. The second-order valence-electron chi connectivity index (χ2n) is 4.64. The van der Waals surface area contributed by atoms with E-state index in [0.29, 0.717) is 26.1 Å². The highest BCUT2D eigenvalue weighted by atomic mass is 32.2. The first-order chi connectivity index (χ1) is 9.96. The van der Waals surface area contributed by atoms with Crippen LogP contribution in [-0.2, 0) is 14.8 Å². The van der Waals surface area contributed by atoms with Crippen LogP contribution in [0.4, 0.5) is 4.39 Å². The maximum Gasteiger partial charge on any atom is 0.339 e. The summed E-state index contributed by atoms with van der Waals surface area (Å²) in [4.78, 5) is 11.5. The van der Waals surface area contributed by atoms with Crippen LogP contribution in [0, 0.1) is 5.82 Å². The number of nitrogens with zero attached hydrogens (tertiary/aromatic N) is 1. The van der Waals surface area contributed by atoms with E-state index in [0.717, 1.165) is 31.9 Å². The van der Waals surface area contributed by atoms with Crippen molar-refractivity contribution in [3.05, 3.63) is 29.6 Å². The van der Waals surface area contributed by atoms with Crippen LogP contribution in [0.2, 0.25) is 0 Å². The molecule has 0 radical (unpaired) electrons. The fraction of sp³-hybridized carbons (Fsp3) is 0.462. The predicted octanol–water partition coefficient (Wildman–Crippen LogP) is 0.596. The first-order valence-corrected chi connectivity index (χ1v) is 7.99. The molecule has 0 spiro atoms. The first kappa shape index (κ1) is 15.9. The normalized spacial score (nSPS) is 17.2. The van der Waals surface area contributed by atoms with Crippen LogP contribution in [-0.4, -0.2) is 52.0 Å². The van der Waals surface area contributed by atoms with Crippen LogP contribution in [0.5, 0.6) is 0 Å². The SMILES string of the molecule is COC(=O)c1cc(F)ccc1S(=O)(=O)N1CCCNCC1. The highest BCUT2D eigenvalue weighted by Gasteiger charge is 2.30. The number of carbonyl (C=O) groups excluding carboxylic acids is 1. The fourth-order valence-electron chi connectivity index (χ4n) is 2.20. The number of benzene rings is 1. The molecule has 1 N–H and O–H groups in total. The highest BCUT2D eigenvalue weighted by Crippen LogP contribution is 2.22. The Morgan fingerprint density at radius 2 is 2.10 bits per heavy atom. The van der Waals surface area contributed by atoms with Crippen molar-refractivity contribution >= 4 is 16.0 Å². The summed E-state index contributed by atoms with van der Waals surface area (Å²) in [7, 11) is -2.74. The first-order valence-electron chi connectivity index (χ1n) is 6.55. The minimum atomic E-state index is -3.86. The van der Waals surface area contributed by atoms with Gasteiger partial charge in [-0.15, -0.1) is 0 Å². The summed E-state index contributed by atoms with van der Waals surface area (Å²) < 4.78 is 44.5. The van der Waals surface area contributed by atoms with Crippen LogP contribution >= 0.6 is 0 Å². The van der Waals surface area contributed by atoms with Gasteiger partial charge in [0.1, 0.15) is 5.82 Å². The molecule has 0 saturated carbocycles. The maximum absolute atomic E-state index is 13.3. The third kappa shape index (κ3) is 3.39. The lowest BCUT2D eigenvalue weighted by atomic mass is 10.2. The number of sulfonamides is 1. The number of nitrogens with one attached hydrogen (secondary N) is 1. The number of ether oxygens (including phenoxy) is 1. The smallest absolute Gasteiger partial charge is 0.339 e. The molecule has 0 atom stereocenters. The van der Waals surface area contributed by atoms with Gasteiger partial charge in [0.05, 0.1) is 17.6 Å².